The molecule has 0 saturated carbocycles. The molecule has 4 aliphatic rings. The number of Topliss-reactive ketones (excluding diaryl/α,β-unsaturated/α-hetero) is 4. The number of amides is 4. The number of likely N-dealkylation sites (tertiary alicyclic amines) is 4. The van der Waals surface area contributed by atoms with Crippen molar-refractivity contribution in [3.63, 3.8) is 0 Å². The highest BCUT2D eigenvalue weighted by molar-refractivity contribution is 5.90. The quantitative estimate of drug-likeness (QED) is 0.118. The Hall–Kier alpha value is -3.44. The summed E-state index contributed by atoms with van der Waals surface area (Å²) in [5.41, 5.74) is 0. The second kappa shape index (κ2) is 29.8. The van der Waals surface area contributed by atoms with Gasteiger partial charge in [0.2, 0.25) is 23.6 Å². The van der Waals surface area contributed by atoms with Crippen molar-refractivity contribution in [3.8, 4) is 0 Å². The van der Waals surface area contributed by atoms with Gasteiger partial charge in [0, 0.05) is 76.5 Å². The molecule has 0 radical (unpaired) electrons. The van der Waals surface area contributed by atoms with Crippen LogP contribution in [0.2, 0.25) is 0 Å². The van der Waals surface area contributed by atoms with Gasteiger partial charge < -0.3 is 19.6 Å². The summed E-state index contributed by atoms with van der Waals surface area (Å²) in [5.74, 6) is -7.68. The van der Waals surface area contributed by atoms with Gasteiger partial charge in [-0.25, -0.2) is 0 Å². The first-order valence-corrected chi connectivity index (χ1v) is 20.8. The molecule has 0 aliphatic carbocycles. The van der Waals surface area contributed by atoms with Crippen LogP contribution in [0.15, 0.2) is 0 Å². The molecule has 4 heterocycles. The third-order valence-corrected chi connectivity index (χ3v) is 10.4. The minimum atomic E-state index is -2.73. The monoisotopic (exact) mass is 880 g/mol. The van der Waals surface area contributed by atoms with Crippen molar-refractivity contribution in [1.29, 1.82) is 0 Å². The van der Waals surface area contributed by atoms with Crippen LogP contribution in [-0.4, -0.2) is 117 Å². The van der Waals surface area contributed by atoms with Crippen LogP contribution in [-0.2, 0) is 38.4 Å². The third kappa shape index (κ3) is 18.1. The Morgan fingerprint density at radius 1 is 0.525 bits per heavy atom. The van der Waals surface area contributed by atoms with Gasteiger partial charge in [-0.05, 0) is 102 Å². The standard InChI is InChI=1S/4C12H21NO2.CH4/c4*1-4-6-10-7-12(15)13(8-10)11(5-2)9(3)14;/h4*10-11H,4-8H2,1-3H3;1H4/t4*10-,11+;/m1111./s1/i4D2,5D2,6D2,10D,11D;4D2,6D2,10D;4D2,6D2;4D2;. The van der Waals surface area contributed by atoms with E-state index < -0.39 is 124 Å². The molecule has 0 aromatic rings. The first-order valence-electron chi connectivity index (χ1n) is 30.3. The van der Waals surface area contributed by atoms with E-state index in [1.807, 2.05) is 6.92 Å². The second-order valence-corrected chi connectivity index (χ2v) is 15.1. The van der Waals surface area contributed by atoms with Gasteiger partial charge in [0.25, 0.3) is 0 Å². The summed E-state index contributed by atoms with van der Waals surface area (Å²) in [6, 6.07) is -4.09. The molecule has 0 bridgehead atoms. The van der Waals surface area contributed by atoms with Crippen LogP contribution in [0.5, 0.6) is 0 Å². The Bertz CT molecular complexity index is 2250. The normalized spacial score (nSPS) is 32.3. The third-order valence-electron chi connectivity index (χ3n) is 10.4. The number of carbonyl (C=O) groups is 8. The Balaban J connectivity index is 0.00000104. The summed E-state index contributed by atoms with van der Waals surface area (Å²) in [6.45, 7) is 16.0. The number of carbonyl (C=O) groups excluding carboxylic acids is 8. The molecular weight excluding hydrogens is 773 g/mol. The molecule has 0 spiro atoms. The largest absolute Gasteiger partial charge is 0.332 e. The molecule has 8 atom stereocenters. The van der Waals surface area contributed by atoms with Crippen LogP contribution in [0.25, 0.3) is 0 Å². The Labute approximate surface area is 397 Å². The lowest BCUT2D eigenvalue weighted by Gasteiger charge is -2.24. The predicted octanol–water partition coefficient (Wildman–Crippen LogP) is 8.65. The molecule has 12 heteroatoms. The van der Waals surface area contributed by atoms with E-state index in [4.69, 9.17) is 26.0 Å². The SMILES string of the molecule is C.[2H]C([2H])(C)C([2H])([2H])[C@@H]1CC(=O)N([C@@H](CC)C(C)=O)C1.[2H]C([2H])(C)C([2H])([2H])[C@]1([2H])CC(=O)N([C@@H](CC)C(C)=O)C1.[2H]C([2H])(C)C([2H])([2H])[C@]1([2H])CC(=O)N([C@]([2H])(C(C)=O)C([2H])([2H])C)C1.[2H]C([2H])(C)C[C@@H]1CC(=O)N([C@@H](CC)C(C)=O)C1. The number of ketones is 4. The van der Waals surface area contributed by atoms with Crippen molar-refractivity contribution in [3.05, 3.63) is 0 Å². The van der Waals surface area contributed by atoms with Crippen molar-refractivity contribution >= 4 is 46.8 Å². The van der Waals surface area contributed by atoms with Gasteiger partial charge in [0.15, 0.2) is 23.1 Å². The molecular formula is C49H88N4O8. The van der Waals surface area contributed by atoms with Gasteiger partial charge in [0.1, 0.15) is 0 Å². The predicted molar refractivity (Wildman–Crippen MR) is 245 cm³/mol. The summed E-state index contributed by atoms with van der Waals surface area (Å²) in [4.78, 5) is 99.2. The van der Waals surface area contributed by atoms with E-state index in [1.165, 1.54) is 44.4 Å². The lowest BCUT2D eigenvalue weighted by Crippen LogP contribution is -2.40. The molecule has 0 N–H and O–H groups in total. The number of nitrogens with zero attached hydrogens (tertiary/aromatic N) is 4. The van der Waals surface area contributed by atoms with E-state index in [2.05, 4.69) is 0 Å². The first kappa shape index (κ1) is 32.3. The number of hydrogen-bond acceptors (Lipinski definition) is 8. The fourth-order valence-corrected chi connectivity index (χ4v) is 7.81. The zero-order valence-corrected chi connectivity index (χ0v) is 37.9. The highest BCUT2D eigenvalue weighted by Gasteiger charge is 2.38. The van der Waals surface area contributed by atoms with Gasteiger partial charge in [-0.1, -0.05) is 88.3 Å². The average Bonchev–Trinajstić information content (AvgIpc) is 3.99. The van der Waals surface area contributed by atoms with E-state index in [0.717, 1.165) is 27.7 Å². The molecule has 12 nitrogen and oxygen atoms in total. The van der Waals surface area contributed by atoms with E-state index >= 15 is 0 Å². The first-order chi connectivity index (χ1) is 35.0. The molecule has 4 amide bonds. The zero-order chi connectivity index (χ0) is 62.8. The van der Waals surface area contributed by atoms with Crippen LogP contribution in [0.1, 0.15) is 219 Å². The van der Waals surface area contributed by atoms with E-state index in [1.54, 1.807) is 18.7 Å². The zero-order valence-electron chi connectivity index (χ0n) is 56.9. The lowest BCUT2D eigenvalue weighted by atomic mass is 10.0. The molecule has 0 aromatic carbocycles. The maximum Gasteiger partial charge on any atom is 0.223 e. The molecule has 4 saturated heterocycles. The molecule has 4 aliphatic heterocycles. The smallest absolute Gasteiger partial charge is 0.223 e. The summed E-state index contributed by atoms with van der Waals surface area (Å²) >= 11 is 0. The Morgan fingerprint density at radius 3 is 1.21 bits per heavy atom. The lowest BCUT2D eigenvalue weighted by molar-refractivity contribution is -0.135. The average molecular weight is 880 g/mol. The number of hydrogen-bond donors (Lipinski definition) is 0. The summed E-state index contributed by atoms with van der Waals surface area (Å²) in [6.07, 6.45) is -16.6. The van der Waals surface area contributed by atoms with Crippen LogP contribution < -0.4 is 0 Å². The van der Waals surface area contributed by atoms with Crippen molar-refractivity contribution in [2.45, 2.75) is 217 Å². The van der Waals surface area contributed by atoms with Crippen molar-refractivity contribution in [2.24, 2.45) is 23.6 Å². The maximum atomic E-state index is 12.2. The van der Waals surface area contributed by atoms with E-state index in [-0.39, 0.29) is 68.1 Å². The van der Waals surface area contributed by atoms with Crippen molar-refractivity contribution in [1.82, 2.24) is 19.6 Å². The summed E-state index contributed by atoms with van der Waals surface area (Å²) < 4.78 is 148. The maximum absolute atomic E-state index is 12.2. The van der Waals surface area contributed by atoms with Crippen LogP contribution >= 0.6 is 0 Å². The van der Waals surface area contributed by atoms with Crippen LogP contribution in [0.4, 0.5) is 0 Å². The molecule has 61 heavy (non-hydrogen) atoms. The second-order valence-electron chi connectivity index (χ2n) is 15.1. The molecule has 0 aromatic heterocycles. The van der Waals surface area contributed by atoms with Gasteiger partial charge in [-0.3, -0.25) is 38.4 Å². The molecule has 352 valence electrons. The van der Waals surface area contributed by atoms with Crippen molar-refractivity contribution in [2.75, 3.05) is 26.2 Å². The fourth-order valence-electron chi connectivity index (χ4n) is 7.81. The van der Waals surface area contributed by atoms with Crippen LogP contribution in [0.3, 0.4) is 0 Å². The van der Waals surface area contributed by atoms with Gasteiger partial charge >= 0.3 is 0 Å². The molecule has 4 rings (SSSR count). The van der Waals surface area contributed by atoms with Gasteiger partial charge in [-0.2, -0.15) is 0 Å². The Morgan fingerprint density at radius 2 is 0.869 bits per heavy atom. The highest BCUT2D eigenvalue weighted by atomic mass is 16.2. The van der Waals surface area contributed by atoms with Crippen LogP contribution in [0, 0.1) is 23.6 Å². The molecule has 4 fully saturated rings. The van der Waals surface area contributed by atoms with Crippen molar-refractivity contribution < 1.29 is 64.4 Å². The topological polar surface area (TPSA) is 150 Å². The summed E-state index contributed by atoms with van der Waals surface area (Å²) in [5, 5.41) is 0. The highest BCUT2D eigenvalue weighted by Crippen LogP contribution is 2.28. The summed E-state index contributed by atoms with van der Waals surface area (Å²) in [7, 11) is 0. The number of rotatable bonds is 20. The minimum Gasteiger partial charge on any atom is -0.332 e. The van der Waals surface area contributed by atoms with Gasteiger partial charge in [0.05, 0.1) is 25.5 Å². The van der Waals surface area contributed by atoms with E-state index in [0.29, 0.717) is 43.5 Å². The fraction of sp³-hybridized carbons (Fsp3) is 0.837. The Kier molecular flexibility index (Phi) is 15.7. The minimum absolute atomic E-state index is 0. The van der Waals surface area contributed by atoms with Gasteiger partial charge in [-0.15, -0.1) is 0 Å². The molecule has 0 unspecified atom stereocenters. The van der Waals surface area contributed by atoms with E-state index in [9.17, 15) is 38.4 Å².